The number of amides is 2. The van der Waals surface area contributed by atoms with Crippen LogP contribution in [-0.4, -0.2) is 16.7 Å². The normalized spacial score (nSPS) is 14.9. The van der Waals surface area contributed by atoms with Crippen molar-refractivity contribution in [2.45, 2.75) is 20.1 Å². The van der Waals surface area contributed by atoms with Crippen molar-refractivity contribution in [3.63, 3.8) is 0 Å². The number of halogens is 2. The van der Waals surface area contributed by atoms with Crippen LogP contribution in [0.15, 0.2) is 89.5 Å². The first-order valence-electron chi connectivity index (χ1n) is 10.8. The van der Waals surface area contributed by atoms with Gasteiger partial charge in [-0.1, -0.05) is 65.7 Å². The molecule has 1 aliphatic heterocycles. The summed E-state index contributed by atoms with van der Waals surface area (Å²) >= 11 is 12.1. The average Bonchev–Trinajstić information content (AvgIpc) is 2.86. The molecule has 0 radical (unpaired) electrons. The van der Waals surface area contributed by atoms with Gasteiger partial charge in [-0.15, -0.1) is 0 Å². The van der Waals surface area contributed by atoms with Crippen molar-refractivity contribution >= 4 is 41.1 Å². The van der Waals surface area contributed by atoms with E-state index in [2.05, 4.69) is 0 Å². The predicted octanol–water partition coefficient (Wildman–Crippen LogP) is 6.36. The molecule has 0 N–H and O–H groups in total. The van der Waals surface area contributed by atoms with E-state index >= 15 is 0 Å². The Morgan fingerprint density at radius 1 is 0.943 bits per heavy atom. The highest BCUT2D eigenvalue weighted by Gasteiger charge is 2.35. The van der Waals surface area contributed by atoms with E-state index in [1.807, 2.05) is 42.5 Å². The van der Waals surface area contributed by atoms with Crippen LogP contribution in [0.25, 0.3) is 6.08 Å². The second-order valence-corrected chi connectivity index (χ2v) is 8.79. The van der Waals surface area contributed by atoms with E-state index in [1.54, 1.807) is 49.4 Å². The van der Waals surface area contributed by atoms with Gasteiger partial charge < -0.3 is 4.74 Å². The SMILES string of the molecule is CC1=C(C#N)C(=O)N(Cc2ccccc2Cl)C(=O)/C1=C/c1ccc(OCc2ccc(Cl)cc2)cc1. The summed E-state index contributed by atoms with van der Waals surface area (Å²) < 4.78 is 5.81. The number of nitriles is 1. The molecule has 0 aliphatic carbocycles. The summed E-state index contributed by atoms with van der Waals surface area (Å²) in [6.45, 7) is 1.98. The zero-order valence-corrected chi connectivity index (χ0v) is 20.3. The third kappa shape index (κ3) is 5.46. The molecular formula is C28H20Cl2N2O3. The molecule has 0 spiro atoms. The Morgan fingerprint density at radius 3 is 2.29 bits per heavy atom. The van der Waals surface area contributed by atoms with Crippen LogP contribution >= 0.6 is 23.2 Å². The Labute approximate surface area is 213 Å². The van der Waals surface area contributed by atoms with E-state index in [4.69, 9.17) is 27.9 Å². The molecule has 1 aliphatic rings. The van der Waals surface area contributed by atoms with Crippen molar-refractivity contribution in [3.05, 3.63) is 116 Å². The van der Waals surface area contributed by atoms with Gasteiger partial charge in [0.1, 0.15) is 24.0 Å². The van der Waals surface area contributed by atoms with E-state index in [0.717, 1.165) is 16.0 Å². The topological polar surface area (TPSA) is 70.4 Å². The van der Waals surface area contributed by atoms with Gasteiger partial charge in [-0.3, -0.25) is 14.5 Å². The monoisotopic (exact) mass is 502 g/mol. The van der Waals surface area contributed by atoms with E-state index in [0.29, 0.717) is 33.5 Å². The van der Waals surface area contributed by atoms with Gasteiger partial charge in [0.05, 0.1) is 6.54 Å². The van der Waals surface area contributed by atoms with E-state index in [-0.39, 0.29) is 17.7 Å². The van der Waals surface area contributed by atoms with E-state index in [9.17, 15) is 14.9 Å². The Hall–Kier alpha value is -3.85. The molecule has 2 amide bonds. The van der Waals surface area contributed by atoms with Crippen LogP contribution in [0.5, 0.6) is 5.75 Å². The van der Waals surface area contributed by atoms with Gasteiger partial charge in [0.2, 0.25) is 0 Å². The molecular weight excluding hydrogens is 483 g/mol. The highest BCUT2D eigenvalue weighted by molar-refractivity contribution is 6.31. The number of imide groups is 1. The van der Waals surface area contributed by atoms with Gasteiger partial charge in [0.25, 0.3) is 11.8 Å². The zero-order chi connectivity index (χ0) is 24.9. The molecule has 35 heavy (non-hydrogen) atoms. The zero-order valence-electron chi connectivity index (χ0n) is 18.8. The third-order valence-electron chi connectivity index (χ3n) is 5.62. The van der Waals surface area contributed by atoms with Gasteiger partial charge in [-0.25, -0.2) is 0 Å². The number of rotatable bonds is 6. The quantitative estimate of drug-likeness (QED) is 0.290. The second-order valence-electron chi connectivity index (χ2n) is 7.94. The Morgan fingerprint density at radius 2 is 1.63 bits per heavy atom. The molecule has 4 rings (SSSR count). The largest absolute Gasteiger partial charge is 0.489 e. The summed E-state index contributed by atoms with van der Waals surface area (Å²) in [6, 6.07) is 23.6. The summed E-state index contributed by atoms with van der Waals surface area (Å²) in [5.41, 5.74) is 2.90. The van der Waals surface area contributed by atoms with Gasteiger partial charge in [0.15, 0.2) is 0 Å². The molecule has 0 fully saturated rings. The molecule has 0 saturated heterocycles. The first-order chi connectivity index (χ1) is 16.9. The summed E-state index contributed by atoms with van der Waals surface area (Å²) in [7, 11) is 0. The van der Waals surface area contributed by atoms with Crippen LogP contribution in [-0.2, 0) is 22.7 Å². The van der Waals surface area contributed by atoms with Crippen molar-refractivity contribution in [1.29, 1.82) is 5.26 Å². The van der Waals surface area contributed by atoms with Crippen molar-refractivity contribution in [2.75, 3.05) is 0 Å². The van der Waals surface area contributed by atoms with Crippen LogP contribution in [0.4, 0.5) is 0 Å². The summed E-state index contributed by atoms with van der Waals surface area (Å²) in [5, 5.41) is 10.7. The number of ether oxygens (including phenoxy) is 1. The maximum Gasteiger partial charge on any atom is 0.271 e. The van der Waals surface area contributed by atoms with Gasteiger partial charge in [-0.05, 0) is 65.6 Å². The minimum atomic E-state index is -0.627. The van der Waals surface area contributed by atoms with Crippen LogP contribution in [0.2, 0.25) is 10.0 Å². The molecule has 7 heteroatoms. The number of nitrogens with zero attached hydrogens (tertiary/aromatic N) is 2. The minimum Gasteiger partial charge on any atom is -0.489 e. The lowest BCUT2D eigenvalue weighted by Crippen LogP contribution is -2.42. The number of hydrogen-bond donors (Lipinski definition) is 0. The van der Waals surface area contributed by atoms with Crippen molar-refractivity contribution in [2.24, 2.45) is 0 Å². The summed E-state index contributed by atoms with van der Waals surface area (Å²) in [5.74, 6) is -0.440. The van der Waals surface area contributed by atoms with E-state index in [1.165, 1.54) is 0 Å². The summed E-state index contributed by atoms with van der Waals surface area (Å²) in [6.07, 6.45) is 1.67. The van der Waals surface area contributed by atoms with Gasteiger partial charge in [-0.2, -0.15) is 5.26 Å². The maximum absolute atomic E-state index is 13.3. The second kappa shape index (κ2) is 10.6. The maximum atomic E-state index is 13.3. The number of carbonyl (C=O) groups is 2. The number of hydrogen-bond acceptors (Lipinski definition) is 4. The number of carbonyl (C=O) groups excluding carboxylic acids is 2. The fourth-order valence-electron chi connectivity index (χ4n) is 3.64. The van der Waals surface area contributed by atoms with E-state index < -0.39 is 11.8 Å². The molecule has 3 aromatic carbocycles. The highest BCUT2D eigenvalue weighted by atomic mass is 35.5. The molecule has 174 valence electrons. The Bertz CT molecular complexity index is 1380. The number of benzene rings is 3. The lowest BCUT2D eigenvalue weighted by atomic mass is 9.93. The van der Waals surface area contributed by atoms with Gasteiger partial charge >= 0.3 is 0 Å². The molecule has 0 bridgehead atoms. The van der Waals surface area contributed by atoms with Gasteiger partial charge in [0, 0.05) is 15.6 Å². The van der Waals surface area contributed by atoms with Crippen molar-refractivity contribution in [1.82, 2.24) is 4.90 Å². The minimum absolute atomic E-state index is 0.0232. The van der Waals surface area contributed by atoms with Crippen LogP contribution in [0.1, 0.15) is 23.6 Å². The highest BCUT2D eigenvalue weighted by Crippen LogP contribution is 2.29. The Balaban J connectivity index is 1.57. The molecule has 3 aromatic rings. The molecule has 0 aromatic heterocycles. The first-order valence-corrected chi connectivity index (χ1v) is 11.5. The summed E-state index contributed by atoms with van der Waals surface area (Å²) in [4.78, 5) is 27.2. The van der Waals surface area contributed by atoms with Crippen molar-refractivity contribution in [3.8, 4) is 11.8 Å². The average molecular weight is 503 g/mol. The first kappa shape index (κ1) is 24.3. The fourth-order valence-corrected chi connectivity index (χ4v) is 3.97. The third-order valence-corrected chi connectivity index (χ3v) is 6.24. The molecule has 5 nitrogen and oxygen atoms in total. The standard InChI is InChI=1S/C28H20Cl2N2O3/c1-18-24(14-19-8-12-23(13-9-19)35-17-20-6-10-22(29)11-7-20)27(33)32(28(34)25(18)15-31)16-21-4-2-3-5-26(21)30/h2-14H,16-17H2,1H3/b24-14+. The van der Waals surface area contributed by atoms with Crippen LogP contribution in [0, 0.1) is 11.3 Å². The van der Waals surface area contributed by atoms with Crippen molar-refractivity contribution < 1.29 is 14.3 Å². The molecule has 0 atom stereocenters. The molecule has 0 saturated carbocycles. The van der Waals surface area contributed by atoms with Crippen LogP contribution < -0.4 is 4.74 Å². The fraction of sp³-hybridized carbons (Fsp3) is 0.107. The lowest BCUT2D eigenvalue weighted by Gasteiger charge is -2.27. The molecule has 1 heterocycles. The smallest absolute Gasteiger partial charge is 0.271 e. The Kier molecular flexibility index (Phi) is 7.36. The predicted molar refractivity (Wildman–Crippen MR) is 136 cm³/mol. The lowest BCUT2D eigenvalue weighted by molar-refractivity contribution is -0.141. The molecule has 0 unspecified atom stereocenters. The van der Waals surface area contributed by atoms with Crippen LogP contribution in [0.3, 0.4) is 0 Å².